The predicted octanol–water partition coefficient (Wildman–Crippen LogP) is 1.51. The minimum Gasteiger partial charge on any atom is -0.492 e. The molecule has 24 heavy (non-hydrogen) atoms. The van der Waals surface area contributed by atoms with E-state index in [1.54, 1.807) is 6.92 Å². The minimum atomic E-state index is -0.838. The van der Waals surface area contributed by atoms with E-state index in [0.717, 1.165) is 22.6 Å². The van der Waals surface area contributed by atoms with Crippen LogP contribution in [0.4, 0.5) is 4.79 Å². The van der Waals surface area contributed by atoms with Crippen molar-refractivity contribution in [3.63, 3.8) is 0 Å². The third-order valence-corrected chi connectivity index (χ3v) is 3.16. The van der Waals surface area contributed by atoms with Gasteiger partial charge in [-0.25, -0.2) is 9.59 Å². The Morgan fingerprint density at radius 2 is 1.71 bits per heavy atom. The van der Waals surface area contributed by atoms with Crippen LogP contribution in [0.2, 0.25) is 0 Å². The summed E-state index contributed by atoms with van der Waals surface area (Å²) in [6.45, 7) is 1.61. The largest absolute Gasteiger partial charge is 0.492 e. The van der Waals surface area contributed by atoms with E-state index in [2.05, 4.69) is 0 Å². The van der Waals surface area contributed by atoms with Crippen molar-refractivity contribution in [2.45, 2.75) is 13.5 Å². The fourth-order valence-electron chi connectivity index (χ4n) is 1.90. The summed E-state index contributed by atoms with van der Waals surface area (Å²) in [5, 5.41) is 18.8. The average molecular weight is 334 g/mol. The molecular weight excluding hydrogens is 316 g/mol. The van der Waals surface area contributed by atoms with Crippen LogP contribution in [0.25, 0.3) is 0 Å². The number of rotatable bonds is 6. The van der Waals surface area contributed by atoms with Crippen molar-refractivity contribution in [3.05, 3.63) is 48.0 Å². The molecule has 0 saturated heterocycles. The Bertz CT molecular complexity index is 678. The van der Waals surface area contributed by atoms with E-state index in [1.807, 2.05) is 30.3 Å². The second-order valence-corrected chi connectivity index (χ2v) is 4.86. The summed E-state index contributed by atoms with van der Waals surface area (Å²) in [7, 11) is 0. The van der Waals surface area contributed by atoms with Gasteiger partial charge in [0.2, 0.25) is 11.8 Å². The monoisotopic (exact) mass is 334 g/mol. The van der Waals surface area contributed by atoms with E-state index in [1.165, 1.54) is 0 Å². The maximum absolute atomic E-state index is 12.0. The maximum atomic E-state index is 12.0. The van der Waals surface area contributed by atoms with Crippen LogP contribution >= 0.6 is 0 Å². The Kier molecular flexibility index (Phi) is 5.67. The predicted molar refractivity (Wildman–Crippen MR) is 83.2 cm³/mol. The van der Waals surface area contributed by atoms with Crippen LogP contribution < -0.4 is 4.84 Å². The Morgan fingerprint density at radius 1 is 1.08 bits per heavy atom. The molecule has 8 nitrogen and oxygen atoms in total. The van der Waals surface area contributed by atoms with Gasteiger partial charge in [-0.05, 0) is 12.5 Å². The number of carbonyl (C=O) groups excluding carboxylic acids is 2. The van der Waals surface area contributed by atoms with E-state index in [9.17, 15) is 19.8 Å². The lowest BCUT2D eigenvalue weighted by atomic mass is 10.2. The lowest BCUT2D eigenvalue weighted by Gasteiger charge is -2.19. The molecule has 0 aliphatic carbocycles. The average Bonchev–Trinajstić information content (AvgIpc) is 2.90. The van der Waals surface area contributed by atoms with Crippen molar-refractivity contribution in [2.24, 2.45) is 0 Å². The number of ether oxygens (including phenoxy) is 1. The quantitative estimate of drug-likeness (QED) is 0.830. The van der Waals surface area contributed by atoms with Gasteiger partial charge in [0.05, 0.1) is 0 Å². The highest BCUT2D eigenvalue weighted by atomic mass is 16.7. The molecule has 0 aliphatic rings. The summed E-state index contributed by atoms with van der Waals surface area (Å²) in [5.41, 5.74) is 0.826. The zero-order valence-electron chi connectivity index (χ0n) is 13.1. The van der Waals surface area contributed by atoms with E-state index in [-0.39, 0.29) is 19.7 Å². The van der Waals surface area contributed by atoms with Crippen LogP contribution in [0.15, 0.2) is 42.5 Å². The highest BCUT2D eigenvalue weighted by Crippen LogP contribution is 2.18. The van der Waals surface area contributed by atoms with Gasteiger partial charge >= 0.3 is 12.1 Å². The van der Waals surface area contributed by atoms with Crippen molar-refractivity contribution in [1.29, 1.82) is 0 Å². The number of amides is 1. The molecule has 0 atom stereocenters. The van der Waals surface area contributed by atoms with Crippen LogP contribution in [-0.2, 0) is 16.1 Å². The summed E-state index contributed by atoms with van der Waals surface area (Å²) in [5.74, 6) is -1.71. The molecule has 2 rings (SSSR count). The highest BCUT2D eigenvalue weighted by Gasteiger charge is 2.20. The topological polar surface area (TPSA) is 101 Å². The second-order valence-electron chi connectivity index (χ2n) is 4.86. The summed E-state index contributed by atoms with van der Waals surface area (Å²) in [6, 6.07) is 11.5. The maximum Gasteiger partial charge on any atom is 0.410 e. The first kappa shape index (κ1) is 17.2. The molecule has 0 aliphatic heterocycles. The van der Waals surface area contributed by atoms with Gasteiger partial charge < -0.3 is 19.8 Å². The number of benzene rings is 1. The molecule has 1 amide bonds. The van der Waals surface area contributed by atoms with Crippen LogP contribution in [0.1, 0.15) is 12.5 Å². The van der Waals surface area contributed by atoms with Crippen LogP contribution in [-0.4, -0.2) is 45.0 Å². The Balaban J connectivity index is 1.88. The van der Waals surface area contributed by atoms with E-state index in [0.29, 0.717) is 4.73 Å². The SMILES string of the molecule is CCN(CC(=O)On1c(O)ccc1O)C(=O)OCc1ccccc1. The lowest BCUT2D eigenvalue weighted by Crippen LogP contribution is -2.39. The van der Waals surface area contributed by atoms with Gasteiger partial charge in [0.25, 0.3) is 0 Å². The van der Waals surface area contributed by atoms with Gasteiger partial charge in [-0.3, -0.25) is 4.90 Å². The zero-order chi connectivity index (χ0) is 17.5. The number of hydrogen-bond acceptors (Lipinski definition) is 6. The number of likely N-dealkylation sites (N-methyl/N-ethyl adjacent to an activating group) is 1. The third kappa shape index (κ3) is 4.42. The molecule has 8 heteroatoms. The number of aromatic nitrogens is 1. The molecule has 1 heterocycles. The molecule has 2 aromatic rings. The summed E-state index contributed by atoms with van der Waals surface area (Å²) >= 11 is 0. The summed E-state index contributed by atoms with van der Waals surface area (Å²) in [6.07, 6.45) is -0.667. The zero-order valence-corrected chi connectivity index (χ0v) is 13.1. The molecule has 1 aromatic heterocycles. The van der Waals surface area contributed by atoms with E-state index in [4.69, 9.17) is 9.57 Å². The van der Waals surface area contributed by atoms with Gasteiger partial charge in [-0.2, -0.15) is 0 Å². The third-order valence-electron chi connectivity index (χ3n) is 3.16. The molecule has 0 radical (unpaired) electrons. The van der Waals surface area contributed by atoms with E-state index < -0.39 is 23.8 Å². The van der Waals surface area contributed by atoms with Crippen molar-refractivity contribution in [1.82, 2.24) is 9.63 Å². The fourth-order valence-corrected chi connectivity index (χ4v) is 1.90. The van der Waals surface area contributed by atoms with Crippen LogP contribution in [0, 0.1) is 0 Å². The van der Waals surface area contributed by atoms with E-state index >= 15 is 0 Å². The minimum absolute atomic E-state index is 0.0877. The molecule has 0 bridgehead atoms. The normalized spacial score (nSPS) is 10.2. The number of hydrogen-bond donors (Lipinski definition) is 2. The smallest absolute Gasteiger partial charge is 0.410 e. The van der Waals surface area contributed by atoms with Crippen LogP contribution in [0.5, 0.6) is 11.8 Å². The standard InChI is InChI=1S/C16H18N2O6/c1-2-17(16(22)23-11-12-6-4-3-5-7-12)10-15(21)24-18-13(19)8-9-14(18)20/h3-9,19-20H,2,10-11H2,1H3. The Labute approximate surface area is 138 Å². The first-order chi connectivity index (χ1) is 11.5. The van der Waals surface area contributed by atoms with Gasteiger partial charge in [-0.15, -0.1) is 4.73 Å². The summed E-state index contributed by atoms with van der Waals surface area (Å²) < 4.78 is 5.70. The Morgan fingerprint density at radius 3 is 2.29 bits per heavy atom. The summed E-state index contributed by atoms with van der Waals surface area (Å²) in [4.78, 5) is 29.8. The number of nitrogens with zero attached hydrogens (tertiary/aromatic N) is 2. The number of aromatic hydroxyl groups is 2. The van der Waals surface area contributed by atoms with Gasteiger partial charge in [0.15, 0.2) is 0 Å². The van der Waals surface area contributed by atoms with Crippen molar-refractivity contribution < 1.29 is 29.4 Å². The van der Waals surface area contributed by atoms with Gasteiger partial charge in [0, 0.05) is 18.7 Å². The highest BCUT2D eigenvalue weighted by molar-refractivity contribution is 5.78. The van der Waals surface area contributed by atoms with Gasteiger partial charge in [-0.1, -0.05) is 30.3 Å². The number of carbonyl (C=O) groups is 2. The van der Waals surface area contributed by atoms with Crippen LogP contribution in [0.3, 0.4) is 0 Å². The fraction of sp³-hybridized carbons (Fsp3) is 0.250. The molecule has 0 saturated carbocycles. The first-order valence-corrected chi connectivity index (χ1v) is 7.27. The second kappa shape index (κ2) is 7.91. The Hall–Kier alpha value is -3.16. The van der Waals surface area contributed by atoms with Crippen molar-refractivity contribution in [2.75, 3.05) is 13.1 Å². The molecule has 128 valence electrons. The van der Waals surface area contributed by atoms with Crippen molar-refractivity contribution in [3.8, 4) is 11.8 Å². The molecule has 0 fully saturated rings. The molecular formula is C16H18N2O6. The lowest BCUT2D eigenvalue weighted by molar-refractivity contribution is -0.146. The molecule has 0 unspecified atom stereocenters. The molecule has 2 N–H and O–H groups in total. The van der Waals surface area contributed by atoms with Gasteiger partial charge in [0.1, 0.15) is 13.2 Å². The molecule has 0 spiro atoms. The molecule has 1 aromatic carbocycles. The van der Waals surface area contributed by atoms with Crippen molar-refractivity contribution >= 4 is 12.1 Å². The first-order valence-electron chi connectivity index (χ1n) is 7.27.